The van der Waals surface area contributed by atoms with Gasteiger partial charge in [-0.15, -0.1) is 0 Å². The summed E-state index contributed by atoms with van der Waals surface area (Å²) in [6, 6.07) is 5.47. The van der Waals surface area contributed by atoms with E-state index in [1.54, 1.807) is 19.0 Å². The molecule has 98 valence electrons. The maximum Gasteiger partial charge on any atom is 0.246 e. The minimum absolute atomic E-state index is 0.0103. The molecule has 1 amide bonds. The number of fused-ring (bicyclic) bond motifs is 1. The van der Waals surface area contributed by atoms with Crippen LogP contribution in [0, 0.1) is 0 Å². The number of likely N-dealkylation sites (N-methyl/N-ethyl adjacent to an activating group) is 2. The fourth-order valence-corrected chi connectivity index (χ4v) is 1.74. The van der Waals surface area contributed by atoms with Crippen molar-refractivity contribution < 1.29 is 14.3 Å². The summed E-state index contributed by atoms with van der Waals surface area (Å²) in [5.41, 5.74) is 0.179. The molecule has 1 aromatic carbocycles. The molecule has 5 heteroatoms. The van der Waals surface area contributed by atoms with Gasteiger partial charge in [-0.2, -0.15) is 0 Å². The quantitative estimate of drug-likeness (QED) is 0.880. The molecule has 18 heavy (non-hydrogen) atoms. The van der Waals surface area contributed by atoms with E-state index in [1.807, 2.05) is 32.0 Å². The largest absolute Gasteiger partial charge is 0.454 e. The molecule has 0 fully saturated rings. The first-order valence-corrected chi connectivity index (χ1v) is 5.82. The third-order valence-corrected chi connectivity index (χ3v) is 3.21. The Kier molecular flexibility index (Phi) is 3.17. The molecule has 2 rings (SSSR count). The third-order valence-electron chi connectivity index (χ3n) is 3.21. The molecule has 5 nitrogen and oxygen atoms in total. The minimum Gasteiger partial charge on any atom is -0.454 e. The number of nitrogens with zero attached hydrogens (tertiary/aromatic N) is 1. The van der Waals surface area contributed by atoms with Crippen LogP contribution < -0.4 is 19.7 Å². The minimum atomic E-state index is -0.606. The van der Waals surface area contributed by atoms with Crippen molar-refractivity contribution in [2.45, 2.75) is 19.4 Å². The first kappa shape index (κ1) is 12.7. The maximum absolute atomic E-state index is 12.3. The Bertz CT molecular complexity index is 471. The van der Waals surface area contributed by atoms with Gasteiger partial charge in [0.05, 0.1) is 5.54 Å². The van der Waals surface area contributed by atoms with Crippen LogP contribution in [0.2, 0.25) is 0 Å². The van der Waals surface area contributed by atoms with Gasteiger partial charge in [-0.05, 0) is 33.0 Å². The van der Waals surface area contributed by atoms with Crippen molar-refractivity contribution in [2.75, 3.05) is 25.8 Å². The highest BCUT2D eigenvalue weighted by Gasteiger charge is 2.29. The zero-order valence-corrected chi connectivity index (χ0v) is 11.1. The number of nitrogens with one attached hydrogen (secondary N) is 1. The van der Waals surface area contributed by atoms with Gasteiger partial charge in [0, 0.05) is 18.8 Å². The molecular weight excluding hydrogens is 232 g/mol. The van der Waals surface area contributed by atoms with Crippen LogP contribution in [0.4, 0.5) is 5.69 Å². The topological polar surface area (TPSA) is 50.8 Å². The lowest BCUT2D eigenvalue weighted by Gasteiger charge is -2.29. The van der Waals surface area contributed by atoms with Crippen LogP contribution in [0.3, 0.4) is 0 Å². The number of anilines is 1. The molecular formula is C13H18N2O3. The highest BCUT2D eigenvalue weighted by molar-refractivity contribution is 5.99. The van der Waals surface area contributed by atoms with Crippen LogP contribution in [-0.4, -0.2) is 32.3 Å². The molecule has 0 saturated heterocycles. The van der Waals surface area contributed by atoms with E-state index in [1.165, 1.54) is 0 Å². The number of rotatable bonds is 3. The monoisotopic (exact) mass is 250 g/mol. The van der Waals surface area contributed by atoms with Gasteiger partial charge in [0.1, 0.15) is 0 Å². The van der Waals surface area contributed by atoms with Crippen LogP contribution in [0.15, 0.2) is 18.2 Å². The first-order chi connectivity index (χ1) is 8.45. The van der Waals surface area contributed by atoms with E-state index >= 15 is 0 Å². The number of ether oxygens (including phenoxy) is 2. The van der Waals surface area contributed by atoms with Gasteiger partial charge in [0.25, 0.3) is 0 Å². The van der Waals surface area contributed by atoms with Gasteiger partial charge in [0.2, 0.25) is 12.7 Å². The number of carbonyl (C=O) groups is 1. The lowest BCUT2D eigenvalue weighted by molar-refractivity contribution is -0.123. The van der Waals surface area contributed by atoms with Crippen molar-refractivity contribution in [3.05, 3.63) is 18.2 Å². The van der Waals surface area contributed by atoms with Gasteiger partial charge in [-0.3, -0.25) is 4.79 Å². The highest BCUT2D eigenvalue weighted by Crippen LogP contribution is 2.35. The van der Waals surface area contributed by atoms with Crippen LogP contribution in [0.25, 0.3) is 0 Å². The van der Waals surface area contributed by atoms with Gasteiger partial charge in [-0.1, -0.05) is 0 Å². The fraction of sp³-hybridized carbons (Fsp3) is 0.462. The number of hydrogen-bond acceptors (Lipinski definition) is 4. The van der Waals surface area contributed by atoms with Crippen LogP contribution >= 0.6 is 0 Å². The van der Waals surface area contributed by atoms with Gasteiger partial charge < -0.3 is 19.7 Å². The number of amides is 1. The van der Waals surface area contributed by atoms with Crippen molar-refractivity contribution in [2.24, 2.45) is 0 Å². The van der Waals surface area contributed by atoms with E-state index < -0.39 is 5.54 Å². The fourth-order valence-electron chi connectivity index (χ4n) is 1.74. The van der Waals surface area contributed by atoms with Crippen LogP contribution in [-0.2, 0) is 4.79 Å². The number of benzene rings is 1. The van der Waals surface area contributed by atoms with Gasteiger partial charge >= 0.3 is 0 Å². The summed E-state index contributed by atoms with van der Waals surface area (Å²) in [6.07, 6.45) is 0. The second-order valence-electron chi connectivity index (χ2n) is 4.78. The normalized spacial score (nSPS) is 13.6. The Morgan fingerprint density at radius 1 is 1.33 bits per heavy atom. The number of hydrogen-bond donors (Lipinski definition) is 1. The SMILES string of the molecule is CNC(C)(C)C(=O)N(C)c1ccc2c(c1)OCO2. The third kappa shape index (κ3) is 2.13. The van der Waals surface area contributed by atoms with Gasteiger partial charge in [-0.25, -0.2) is 0 Å². The van der Waals surface area contributed by atoms with Gasteiger partial charge in [0.15, 0.2) is 11.5 Å². The van der Waals surface area contributed by atoms with Crippen molar-refractivity contribution >= 4 is 11.6 Å². The van der Waals surface area contributed by atoms with Crippen LogP contribution in [0.1, 0.15) is 13.8 Å². The molecule has 0 saturated carbocycles. The lowest BCUT2D eigenvalue weighted by Crippen LogP contribution is -2.51. The number of carbonyl (C=O) groups excluding carboxylic acids is 1. The summed E-state index contributed by atoms with van der Waals surface area (Å²) in [7, 11) is 3.52. The second kappa shape index (κ2) is 4.49. The van der Waals surface area contributed by atoms with E-state index in [0.717, 1.165) is 5.69 Å². The zero-order valence-electron chi connectivity index (χ0n) is 11.1. The molecule has 1 aliphatic rings. The van der Waals surface area contributed by atoms with E-state index in [9.17, 15) is 4.79 Å². The molecule has 1 aromatic rings. The van der Waals surface area contributed by atoms with Crippen molar-refractivity contribution in [1.82, 2.24) is 5.32 Å². The second-order valence-corrected chi connectivity index (χ2v) is 4.78. The standard InChI is InChI=1S/C13H18N2O3/c1-13(2,14-3)12(16)15(4)9-5-6-10-11(7-9)18-8-17-10/h5-7,14H,8H2,1-4H3. The maximum atomic E-state index is 12.3. The average molecular weight is 250 g/mol. The average Bonchev–Trinajstić information content (AvgIpc) is 2.84. The lowest BCUT2D eigenvalue weighted by atomic mass is 10.0. The predicted molar refractivity (Wildman–Crippen MR) is 69.1 cm³/mol. The Labute approximate surface area is 107 Å². The molecule has 0 bridgehead atoms. The summed E-state index contributed by atoms with van der Waals surface area (Å²) in [6.45, 7) is 3.93. The molecule has 1 N–H and O–H groups in total. The Morgan fingerprint density at radius 3 is 2.67 bits per heavy atom. The van der Waals surface area contributed by atoms with E-state index in [0.29, 0.717) is 11.5 Å². The summed E-state index contributed by atoms with van der Waals surface area (Å²) in [4.78, 5) is 13.9. The van der Waals surface area contributed by atoms with Crippen LogP contribution in [0.5, 0.6) is 11.5 Å². The van der Waals surface area contributed by atoms with Crippen molar-refractivity contribution in [1.29, 1.82) is 0 Å². The molecule has 0 unspecified atom stereocenters. The smallest absolute Gasteiger partial charge is 0.246 e. The molecule has 1 aliphatic heterocycles. The van der Waals surface area contributed by atoms with Crippen molar-refractivity contribution in [3.8, 4) is 11.5 Å². The first-order valence-electron chi connectivity index (χ1n) is 5.82. The molecule has 0 aliphatic carbocycles. The van der Waals surface area contributed by atoms with E-state index in [2.05, 4.69) is 5.32 Å². The predicted octanol–water partition coefficient (Wildman–Crippen LogP) is 1.38. The molecule has 0 aromatic heterocycles. The summed E-state index contributed by atoms with van der Waals surface area (Å²) in [5, 5.41) is 3.00. The summed E-state index contributed by atoms with van der Waals surface area (Å²) < 4.78 is 10.5. The Hall–Kier alpha value is -1.75. The molecule has 0 spiro atoms. The Morgan fingerprint density at radius 2 is 2.00 bits per heavy atom. The summed E-state index contributed by atoms with van der Waals surface area (Å²) >= 11 is 0. The van der Waals surface area contributed by atoms with E-state index in [4.69, 9.17) is 9.47 Å². The molecule has 0 atom stereocenters. The molecule has 0 radical (unpaired) electrons. The van der Waals surface area contributed by atoms with Crippen molar-refractivity contribution in [3.63, 3.8) is 0 Å². The highest BCUT2D eigenvalue weighted by atomic mass is 16.7. The summed E-state index contributed by atoms with van der Waals surface area (Å²) in [5.74, 6) is 1.38. The van der Waals surface area contributed by atoms with E-state index in [-0.39, 0.29) is 12.7 Å². The Balaban J connectivity index is 2.24. The molecule has 1 heterocycles. The zero-order chi connectivity index (χ0) is 13.3.